The van der Waals surface area contributed by atoms with E-state index in [4.69, 9.17) is 10.5 Å². The zero-order valence-electron chi connectivity index (χ0n) is 11.8. The van der Waals surface area contributed by atoms with Gasteiger partial charge in [-0.25, -0.2) is 0 Å². The number of allylic oxidation sites excluding steroid dienone is 4. The molecule has 1 aromatic rings. The van der Waals surface area contributed by atoms with E-state index in [9.17, 15) is 5.26 Å². The average molecular weight is 284 g/mol. The van der Waals surface area contributed by atoms with Crippen LogP contribution in [0.1, 0.15) is 18.4 Å². The Labute approximate surface area is 128 Å². The fourth-order valence-corrected chi connectivity index (χ4v) is 2.54. The van der Waals surface area contributed by atoms with Crippen molar-refractivity contribution >= 4 is 5.70 Å². The lowest BCUT2D eigenvalue weighted by Crippen LogP contribution is -2.20. The maximum absolute atomic E-state index is 9.48. The SMILES string of the molecule is N#CC(C#N)=C1NC(c2ccccc2)=CC(C2CC2)=C1C#N. The summed E-state index contributed by atoms with van der Waals surface area (Å²) in [6.07, 6.45) is 4.06. The lowest BCUT2D eigenvalue weighted by Gasteiger charge is -2.22. The molecule has 104 valence electrons. The number of hydrogen-bond acceptors (Lipinski definition) is 4. The van der Waals surface area contributed by atoms with Crippen LogP contribution in [0, 0.1) is 39.9 Å². The molecule has 2 aliphatic rings. The van der Waals surface area contributed by atoms with Crippen LogP contribution in [-0.2, 0) is 0 Å². The molecule has 1 saturated carbocycles. The van der Waals surface area contributed by atoms with Crippen LogP contribution in [0.15, 0.2) is 58.8 Å². The molecule has 1 aromatic carbocycles. The highest BCUT2D eigenvalue weighted by Crippen LogP contribution is 2.43. The Morgan fingerprint density at radius 1 is 1.05 bits per heavy atom. The number of nitriles is 3. The highest BCUT2D eigenvalue weighted by atomic mass is 14.9. The minimum atomic E-state index is -0.0590. The summed E-state index contributed by atoms with van der Waals surface area (Å²) >= 11 is 0. The van der Waals surface area contributed by atoms with Crippen molar-refractivity contribution in [1.29, 1.82) is 15.8 Å². The van der Waals surface area contributed by atoms with E-state index in [0.29, 0.717) is 17.2 Å². The summed E-state index contributed by atoms with van der Waals surface area (Å²) in [7, 11) is 0. The van der Waals surface area contributed by atoms with Gasteiger partial charge in [0.25, 0.3) is 0 Å². The van der Waals surface area contributed by atoms with Gasteiger partial charge in [0.1, 0.15) is 18.2 Å². The number of benzene rings is 1. The fraction of sp³-hybridized carbons (Fsp3) is 0.167. The van der Waals surface area contributed by atoms with Crippen LogP contribution in [0.3, 0.4) is 0 Å². The molecule has 0 amide bonds. The normalized spacial score (nSPS) is 16.8. The zero-order chi connectivity index (χ0) is 15.5. The molecular weight excluding hydrogens is 272 g/mol. The van der Waals surface area contributed by atoms with Crippen molar-refractivity contribution in [2.75, 3.05) is 0 Å². The maximum Gasteiger partial charge on any atom is 0.154 e. The molecule has 1 aliphatic heterocycles. The molecule has 0 atom stereocenters. The monoisotopic (exact) mass is 284 g/mol. The molecule has 0 aromatic heterocycles. The molecular formula is C18H12N4. The van der Waals surface area contributed by atoms with Gasteiger partial charge in [-0.2, -0.15) is 15.8 Å². The van der Waals surface area contributed by atoms with Crippen LogP contribution in [0.4, 0.5) is 0 Å². The maximum atomic E-state index is 9.48. The minimum absolute atomic E-state index is 0.0590. The Bertz CT molecular complexity index is 816. The van der Waals surface area contributed by atoms with Crippen molar-refractivity contribution in [2.24, 2.45) is 5.92 Å². The Hall–Kier alpha value is -3.29. The second-order valence-corrected chi connectivity index (χ2v) is 5.24. The molecule has 0 radical (unpaired) electrons. The molecule has 1 fully saturated rings. The van der Waals surface area contributed by atoms with Gasteiger partial charge < -0.3 is 5.32 Å². The molecule has 1 aliphatic carbocycles. The van der Waals surface area contributed by atoms with Gasteiger partial charge in [-0.05, 0) is 36.0 Å². The van der Waals surface area contributed by atoms with Gasteiger partial charge in [0.15, 0.2) is 5.57 Å². The van der Waals surface area contributed by atoms with E-state index in [-0.39, 0.29) is 5.57 Å². The third-order valence-electron chi connectivity index (χ3n) is 3.79. The number of nitrogens with zero attached hydrogens (tertiary/aromatic N) is 3. The quantitative estimate of drug-likeness (QED) is 0.845. The number of nitrogens with one attached hydrogen (secondary N) is 1. The predicted octanol–water partition coefficient (Wildman–Crippen LogP) is 3.16. The molecule has 0 unspecified atom stereocenters. The van der Waals surface area contributed by atoms with Crippen LogP contribution in [0.2, 0.25) is 0 Å². The van der Waals surface area contributed by atoms with Gasteiger partial charge in [-0.15, -0.1) is 0 Å². The molecule has 4 heteroatoms. The lowest BCUT2D eigenvalue weighted by atomic mass is 9.93. The van der Waals surface area contributed by atoms with E-state index < -0.39 is 0 Å². The van der Waals surface area contributed by atoms with Crippen molar-refractivity contribution in [3.63, 3.8) is 0 Å². The smallest absolute Gasteiger partial charge is 0.154 e. The van der Waals surface area contributed by atoms with Crippen molar-refractivity contribution < 1.29 is 0 Å². The van der Waals surface area contributed by atoms with Gasteiger partial charge in [0.2, 0.25) is 0 Å². The topological polar surface area (TPSA) is 83.4 Å². The van der Waals surface area contributed by atoms with Crippen molar-refractivity contribution in [1.82, 2.24) is 5.32 Å². The van der Waals surface area contributed by atoms with Crippen LogP contribution >= 0.6 is 0 Å². The summed E-state index contributed by atoms with van der Waals surface area (Å²) < 4.78 is 0. The number of rotatable bonds is 2. The van der Waals surface area contributed by atoms with Crippen LogP contribution in [0.25, 0.3) is 5.70 Å². The van der Waals surface area contributed by atoms with E-state index in [0.717, 1.165) is 29.7 Å². The molecule has 0 spiro atoms. The highest BCUT2D eigenvalue weighted by Gasteiger charge is 2.32. The summed E-state index contributed by atoms with van der Waals surface area (Å²) in [6, 6.07) is 15.6. The van der Waals surface area contributed by atoms with Gasteiger partial charge in [0.05, 0.1) is 11.3 Å². The zero-order valence-corrected chi connectivity index (χ0v) is 11.8. The summed E-state index contributed by atoms with van der Waals surface area (Å²) in [5, 5.41) is 30.9. The Morgan fingerprint density at radius 3 is 2.27 bits per heavy atom. The summed E-state index contributed by atoms with van der Waals surface area (Å²) in [5.41, 5.74) is 3.40. The largest absolute Gasteiger partial charge is 0.352 e. The van der Waals surface area contributed by atoms with Crippen molar-refractivity contribution in [2.45, 2.75) is 12.8 Å². The van der Waals surface area contributed by atoms with Gasteiger partial charge in [-0.3, -0.25) is 0 Å². The molecule has 1 heterocycles. The second-order valence-electron chi connectivity index (χ2n) is 5.24. The van der Waals surface area contributed by atoms with E-state index in [2.05, 4.69) is 11.4 Å². The first-order chi connectivity index (χ1) is 10.8. The first kappa shape index (κ1) is 13.7. The molecule has 22 heavy (non-hydrogen) atoms. The Morgan fingerprint density at radius 2 is 1.73 bits per heavy atom. The van der Waals surface area contributed by atoms with Crippen molar-refractivity contribution in [3.8, 4) is 18.2 Å². The Balaban J connectivity index is 2.20. The first-order valence-electron chi connectivity index (χ1n) is 7.01. The van der Waals surface area contributed by atoms with E-state index >= 15 is 0 Å². The Kier molecular flexibility index (Phi) is 3.48. The standard InChI is InChI=1S/C18H12N4/c19-9-14(10-20)18-16(11-21)15(12-6-7-12)8-17(22-18)13-4-2-1-3-5-13/h1-5,8,12,22H,6-7H2. The fourth-order valence-electron chi connectivity index (χ4n) is 2.54. The third-order valence-corrected chi connectivity index (χ3v) is 3.79. The summed E-state index contributed by atoms with van der Waals surface area (Å²) in [5.74, 6) is 0.351. The predicted molar refractivity (Wildman–Crippen MR) is 81.2 cm³/mol. The lowest BCUT2D eigenvalue weighted by molar-refractivity contribution is 0.973. The van der Waals surface area contributed by atoms with Gasteiger partial charge in [0, 0.05) is 5.70 Å². The average Bonchev–Trinajstić information content (AvgIpc) is 3.41. The van der Waals surface area contributed by atoms with Crippen LogP contribution < -0.4 is 5.32 Å². The van der Waals surface area contributed by atoms with Crippen LogP contribution in [-0.4, -0.2) is 0 Å². The summed E-state index contributed by atoms with van der Waals surface area (Å²) in [6.45, 7) is 0. The molecule has 4 nitrogen and oxygen atoms in total. The van der Waals surface area contributed by atoms with Crippen molar-refractivity contribution in [3.05, 3.63) is 64.4 Å². The van der Waals surface area contributed by atoms with Gasteiger partial charge >= 0.3 is 0 Å². The molecule has 0 bridgehead atoms. The summed E-state index contributed by atoms with van der Waals surface area (Å²) in [4.78, 5) is 0. The highest BCUT2D eigenvalue weighted by molar-refractivity contribution is 5.76. The number of hydrogen-bond donors (Lipinski definition) is 1. The van der Waals surface area contributed by atoms with E-state index in [1.807, 2.05) is 48.5 Å². The minimum Gasteiger partial charge on any atom is -0.352 e. The third kappa shape index (κ3) is 2.37. The first-order valence-corrected chi connectivity index (χ1v) is 7.01. The molecule has 1 N–H and O–H groups in total. The molecule has 3 rings (SSSR count). The molecule has 0 saturated heterocycles. The van der Waals surface area contributed by atoms with Gasteiger partial charge in [-0.1, -0.05) is 30.3 Å². The van der Waals surface area contributed by atoms with E-state index in [1.165, 1.54) is 0 Å². The van der Waals surface area contributed by atoms with Crippen LogP contribution in [0.5, 0.6) is 0 Å². The second kappa shape index (κ2) is 5.60. The van der Waals surface area contributed by atoms with E-state index in [1.54, 1.807) is 0 Å². The number of dihydropyridines is 1.